The van der Waals surface area contributed by atoms with Crippen LogP contribution in [0.3, 0.4) is 0 Å². The summed E-state index contributed by atoms with van der Waals surface area (Å²) in [6.45, 7) is -3.44. The first-order valence-corrected chi connectivity index (χ1v) is 14.1. The second-order valence-corrected chi connectivity index (χ2v) is 11.1. The zero-order chi connectivity index (χ0) is 33.3. The van der Waals surface area contributed by atoms with E-state index in [0.29, 0.717) is 0 Å². The minimum Gasteiger partial charge on any atom is -0.394 e. The van der Waals surface area contributed by atoms with Crippen molar-refractivity contribution in [2.45, 2.75) is 123 Å². The van der Waals surface area contributed by atoms with Crippen molar-refractivity contribution in [2.24, 2.45) is 0 Å². The monoisotopic (exact) mass is 666 g/mol. The number of hydrogen-bond acceptors (Lipinski definition) is 21. The van der Waals surface area contributed by atoms with Crippen molar-refractivity contribution in [3.8, 4) is 0 Å². The van der Waals surface area contributed by atoms with Gasteiger partial charge in [0.2, 0.25) is 0 Å². The summed E-state index contributed by atoms with van der Waals surface area (Å²) in [6.07, 6.45) is -36.0. The average molecular weight is 667 g/mol. The fourth-order valence-electron chi connectivity index (χ4n) is 5.53. The van der Waals surface area contributed by atoms with E-state index in [2.05, 4.69) is 0 Å². The third-order valence-corrected chi connectivity index (χ3v) is 8.21. The maximum Gasteiger partial charge on any atom is 0.187 e. The highest BCUT2D eigenvalue weighted by Gasteiger charge is 2.55. The topological polar surface area (TPSA) is 348 Å². The van der Waals surface area contributed by atoms with Gasteiger partial charge in [0.1, 0.15) is 97.7 Å². The molecule has 4 heterocycles. The molecule has 14 N–H and O–H groups in total. The van der Waals surface area contributed by atoms with Crippen LogP contribution in [0, 0.1) is 0 Å². The van der Waals surface area contributed by atoms with E-state index in [1.165, 1.54) is 0 Å². The molecule has 0 spiro atoms. The van der Waals surface area contributed by atoms with E-state index in [4.69, 9.17) is 33.2 Å². The lowest BCUT2D eigenvalue weighted by Crippen LogP contribution is -2.67. The van der Waals surface area contributed by atoms with Crippen molar-refractivity contribution in [2.75, 3.05) is 26.4 Å². The molecule has 4 saturated heterocycles. The van der Waals surface area contributed by atoms with Crippen LogP contribution in [0.4, 0.5) is 0 Å². The fourth-order valence-corrected chi connectivity index (χ4v) is 5.53. The molecule has 21 heteroatoms. The third-order valence-electron chi connectivity index (χ3n) is 8.21. The molecule has 20 atom stereocenters. The summed E-state index contributed by atoms with van der Waals surface area (Å²) in [6, 6.07) is 0. The Morgan fingerprint density at radius 3 is 1.13 bits per heavy atom. The summed E-state index contributed by atoms with van der Waals surface area (Å²) in [5, 5.41) is 143. The molecule has 0 aromatic carbocycles. The number of rotatable bonds is 10. The van der Waals surface area contributed by atoms with Crippen LogP contribution in [0.15, 0.2) is 0 Å². The molecule has 0 saturated carbocycles. The third kappa shape index (κ3) is 7.44. The lowest BCUT2D eigenvalue weighted by molar-refractivity contribution is -0.389. The van der Waals surface area contributed by atoms with E-state index in [1.54, 1.807) is 0 Å². The Hall–Kier alpha value is -0.840. The summed E-state index contributed by atoms with van der Waals surface area (Å²) in [7, 11) is 0. The summed E-state index contributed by atoms with van der Waals surface area (Å²) in [5.41, 5.74) is 0. The quantitative estimate of drug-likeness (QED) is 0.103. The lowest BCUT2D eigenvalue weighted by Gasteiger charge is -2.49. The zero-order valence-corrected chi connectivity index (χ0v) is 23.5. The van der Waals surface area contributed by atoms with E-state index in [0.717, 1.165) is 0 Å². The van der Waals surface area contributed by atoms with Crippen LogP contribution in [-0.4, -0.2) is 221 Å². The summed E-state index contributed by atoms with van der Waals surface area (Å²) in [5.74, 6) is 0. The standard InChI is InChI=1S/C24H42O21/c25-1-5-9(29)12(32)15(35)22(40-5)44-19-10(30)7(3-27)42-24(17(19)37)45-20-11(31)6(2-26)41-23(16(20)36)43-18-8(4-28)39-21(38)14(34)13(18)33/h5-38H,1-4H2/t5-,6-,7-,8-,9+,10+,11+,12+,13-,14-,15-,16-,17-,18-,19+,20+,21-,22+,23+,24+/m1/s1. The molecule has 264 valence electrons. The first-order chi connectivity index (χ1) is 21.3. The van der Waals surface area contributed by atoms with Gasteiger partial charge in [0.25, 0.3) is 0 Å². The molecule has 0 unspecified atom stereocenters. The van der Waals surface area contributed by atoms with Gasteiger partial charge >= 0.3 is 0 Å². The molecule has 4 aliphatic rings. The van der Waals surface area contributed by atoms with Crippen molar-refractivity contribution in [1.82, 2.24) is 0 Å². The van der Waals surface area contributed by atoms with Crippen LogP contribution in [0.5, 0.6) is 0 Å². The van der Waals surface area contributed by atoms with Gasteiger partial charge in [-0.15, -0.1) is 0 Å². The van der Waals surface area contributed by atoms with Crippen molar-refractivity contribution < 1.29 is 105 Å². The van der Waals surface area contributed by atoms with Gasteiger partial charge in [-0.05, 0) is 0 Å². The maximum absolute atomic E-state index is 11.1. The molecule has 0 radical (unpaired) electrons. The Balaban J connectivity index is 1.53. The Morgan fingerprint density at radius 1 is 0.333 bits per heavy atom. The van der Waals surface area contributed by atoms with E-state index in [9.17, 15) is 71.5 Å². The van der Waals surface area contributed by atoms with E-state index in [-0.39, 0.29) is 0 Å². The first-order valence-electron chi connectivity index (χ1n) is 14.1. The normalized spacial score (nSPS) is 52.9. The van der Waals surface area contributed by atoms with E-state index in [1.807, 2.05) is 0 Å². The van der Waals surface area contributed by atoms with Gasteiger partial charge in [0, 0.05) is 0 Å². The van der Waals surface area contributed by atoms with Gasteiger partial charge < -0.3 is 105 Å². The zero-order valence-electron chi connectivity index (χ0n) is 23.5. The smallest absolute Gasteiger partial charge is 0.187 e. The molecular weight excluding hydrogens is 624 g/mol. The minimum absolute atomic E-state index is 0.813. The van der Waals surface area contributed by atoms with Gasteiger partial charge in [-0.2, -0.15) is 0 Å². The molecule has 4 rings (SSSR count). The summed E-state index contributed by atoms with van der Waals surface area (Å²) >= 11 is 0. The molecule has 21 nitrogen and oxygen atoms in total. The molecule has 0 amide bonds. The SMILES string of the molecule is OC[C@H]1O[C@@H](O[C@H]2[C@@H](O)[C@@H](CO)O[C@@H](O[C@H]3[C@@H](O)[C@@H](CO)O[C@@H](O[C@H]4[C@H](O)[C@@H](O)[C@H](O)O[C@@H]4CO)[C@@H]3O)[C@@H]2O)[C@H](O)[C@@H](O)[C@H]1O. The van der Waals surface area contributed by atoms with Gasteiger partial charge in [-0.1, -0.05) is 0 Å². The molecule has 0 aromatic heterocycles. The molecule has 0 aliphatic carbocycles. The lowest BCUT2D eigenvalue weighted by atomic mass is 9.95. The molecule has 4 fully saturated rings. The van der Waals surface area contributed by atoms with Gasteiger partial charge in [0.05, 0.1) is 26.4 Å². The predicted octanol–water partition coefficient (Wildman–Crippen LogP) is -9.75. The largest absolute Gasteiger partial charge is 0.394 e. The van der Waals surface area contributed by atoms with Crippen LogP contribution < -0.4 is 0 Å². The van der Waals surface area contributed by atoms with E-state index < -0.39 is 149 Å². The molecule has 0 bridgehead atoms. The Labute approximate surface area is 254 Å². The fraction of sp³-hybridized carbons (Fsp3) is 1.00. The first kappa shape index (κ1) is 37.0. The maximum atomic E-state index is 11.1. The van der Waals surface area contributed by atoms with E-state index >= 15 is 0 Å². The van der Waals surface area contributed by atoms with Crippen molar-refractivity contribution >= 4 is 0 Å². The number of aliphatic hydroxyl groups excluding tert-OH is 14. The average Bonchev–Trinajstić information content (AvgIpc) is 3.03. The number of ether oxygens (including phenoxy) is 7. The molecule has 45 heavy (non-hydrogen) atoms. The molecule has 4 aliphatic heterocycles. The van der Waals surface area contributed by atoms with Gasteiger partial charge in [0.15, 0.2) is 25.2 Å². The molecule has 0 aromatic rings. The van der Waals surface area contributed by atoms with Crippen LogP contribution >= 0.6 is 0 Å². The predicted molar refractivity (Wildman–Crippen MR) is 134 cm³/mol. The number of aliphatic hydroxyl groups is 14. The second kappa shape index (κ2) is 15.6. The van der Waals surface area contributed by atoms with Crippen LogP contribution in [0.25, 0.3) is 0 Å². The second-order valence-electron chi connectivity index (χ2n) is 11.1. The minimum atomic E-state index is -2.05. The Bertz CT molecular complexity index is 914. The van der Waals surface area contributed by atoms with Gasteiger partial charge in [-0.25, -0.2) is 0 Å². The van der Waals surface area contributed by atoms with Crippen LogP contribution in [-0.2, 0) is 33.2 Å². The number of hydrogen-bond donors (Lipinski definition) is 14. The highest BCUT2D eigenvalue weighted by atomic mass is 16.8. The Morgan fingerprint density at radius 2 is 0.711 bits per heavy atom. The van der Waals surface area contributed by atoms with Crippen molar-refractivity contribution in [3.05, 3.63) is 0 Å². The van der Waals surface area contributed by atoms with Crippen LogP contribution in [0.2, 0.25) is 0 Å². The summed E-state index contributed by atoms with van der Waals surface area (Å²) < 4.78 is 37.7. The van der Waals surface area contributed by atoms with Crippen molar-refractivity contribution in [1.29, 1.82) is 0 Å². The molecular formula is C24H42O21. The van der Waals surface area contributed by atoms with Gasteiger partial charge in [-0.3, -0.25) is 0 Å². The Kier molecular flexibility index (Phi) is 12.8. The van der Waals surface area contributed by atoms with Crippen LogP contribution in [0.1, 0.15) is 0 Å². The highest BCUT2D eigenvalue weighted by Crippen LogP contribution is 2.34. The van der Waals surface area contributed by atoms with Crippen molar-refractivity contribution in [3.63, 3.8) is 0 Å². The summed E-state index contributed by atoms with van der Waals surface area (Å²) in [4.78, 5) is 0. The highest BCUT2D eigenvalue weighted by molar-refractivity contribution is 4.97.